The molecule has 1 aliphatic heterocycles. The van der Waals surface area contributed by atoms with Gasteiger partial charge in [0.1, 0.15) is 15.8 Å². The molecule has 3 heterocycles. The van der Waals surface area contributed by atoms with Gasteiger partial charge in [-0.15, -0.1) is 0 Å². The van der Waals surface area contributed by atoms with E-state index < -0.39 is 5.97 Å². The molecule has 1 fully saturated rings. The number of nitrogens with zero attached hydrogens (tertiary/aromatic N) is 3. The molecule has 0 radical (unpaired) electrons. The molecule has 0 saturated carbocycles. The van der Waals surface area contributed by atoms with Gasteiger partial charge in [0.15, 0.2) is 0 Å². The summed E-state index contributed by atoms with van der Waals surface area (Å²) in [5, 5.41) is 11.8. The number of fused-ring (bicyclic) bond motifs is 1. The Labute approximate surface area is 170 Å². The Bertz CT molecular complexity index is 1050. The average Bonchev–Trinajstić information content (AvgIpc) is 2.92. The lowest BCUT2D eigenvalue weighted by Crippen LogP contribution is -2.29. The minimum atomic E-state index is -0.925. The van der Waals surface area contributed by atoms with Crippen LogP contribution in [-0.4, -0.2) is 48.7 Å². The van der Waals surface area contributed by atoms with Crippen molar-refractivity contribution in [3.8, 4) is 0 Å². The summed E-state index contributed by atoms with van der Waals surface area (Å²) in [5.41, 5.74) is 0.483. The SMILES string of the molecule is CCNc1nc2ccccn2c(=O)c1C=C1SC(=S)N(CCCC(=O)O)C1=O. The number of carboxylic acids is 1. The predicted molar refractivity (Wildman–Crippen MR) is 112 cm³/mol. The number of aliphatic carboxylic acids is 1. The van der Waals surface area contributed by atoms with E-state index in [0.29, 0.717) is 33.7 Å². The van der Waals surface area contributed by atoms with Crippen molar-refractivity contribution in [2.24, 2.45) is 0 Å². The van der Waals surface area contributed by atoms with Crippen LogP contribution < -0.4 is 10.9 Å². The monoisotopic (exact) mass is 418 g/mol. The first-order chi connectivity index (χ1) is 13.4. The van der Waals surface area contributed by atoms with Gasteiger partial charge in [0.25, 0.3) is 11.5 Å². The molecule has 2 aromatic rings. The standard InChI is InChI=1S/C18H18N4O4S2/c1-2-19-15-11(16(25)21-8-4-3-6-13(21)20-15)10-12-17(26)22(18(27)28-12)9-5-7-14(23)24/h3-4,6,8,10,19H,2,5,7,9H2,1H3,(H,23,24). The summed E-state index contributed by atoms with van der Waals surface area (Å²) in [6.45, 7) is 2.68. The van der Waals surface area contributed by atoms with Crippen LogP contribution in [0.25, 0.3) is 11.7 Å². The summed E-state index contributed by atoms with van der Waals surface area (Å²) in [4.78, 5) is 42.5. The fourth-order valence-electron chi connectivity index (χ4n) is 2.75. The molecule has 1 amide bonds. The predicted octanol–water partition coefficient (Wildman–Crippen LogP) is 2.19. The van der Waals surface area contributed by atoms with Crippen molar-refractivity contribution in [1.29, 1.82) is 0 Å². The average molecular weight is 419 g/mol. The normalized spacial score (nSPS) is 15.6. The number of thioether (sulfide) groups is 1. The van der Waals surface area contributed by atoms with Gasteiger partial charge in [-0.1, -0.05) is 30.0 Å². The third-order valence-corrected chi connectivity index (χ3v) is 5.41. The highest BCUT2D eigenvalue weighted by atomic mass is 32.2. The summed E-state index contributed by atoms with van der Waals surface area (Å²) < 4.78 is 1.76. The largest absolute Gasteiger partial charge is 0.481 e. The Morgan fingerprint density at radius 1 is 1.39 bits per heavy atom. The lowest BCUT2D eigenvalue weighted by Gasteiger charge is -2.13. The Morgan fingerprint density at radius 2 is 2.18 bits per heavy atom. The molecule has 0 spiro atoms. The zero-order chi connectivity index (χ0) is 20.3. The molecule has 10 heteroatoms. The maximum Gasteiger partial charge on any atom is 0.303 e. The van der Waals surface area contributed by atoms with Gasteiger partial charge in [-0.05, 0) is 31.6 Å². The van der Waals surface area contributed by atoms with Crippen molar-refractivity contribution >= 4 is 57.7 Å². The second-order valence-corrected chi connectivity index (χ2v) is 7.64. The molecule has 8 nitrogen and oxygen atoms in total. The minimum absolute atomic E-state index is 0.0450. The van der Waals surface area contributed by atoms with E-state index in [-0.39, 0.29) is 30.0 Å². The van der Waals surface area contributed by atoms with E-state index in [1.807, 2.05) is 6.92 Å². The van der Waals surface area contributed by atoms with Crippen LogP contribution in [0.3, 0.4) is 0 Å². The molecule has 0 atom stereocenters. The number of nitrogens with one attached hydrogen (secondary N) is 1. The number of hydrogen-bond acceptors (Lipinski definition) is 7. The van der Waals surface area contributed by atoms with Gasteiger partial charge in [0.2, 0.25) is 0 Å². The molecule has 146 valence electrons. The Kier molecular flexibility index (Phi) is 6.10. The molecule has 1 aliphatic rings. The topological polar surface area (TPSA) is 104 Å². The first kappa shape index (κ1) is 20.0. The van der Waals surface area contributed by atoms with E-state index in [1.54, 1.807) is 24.4 Å². The molecular weight excluding hydrogens is 400 g/mol. The van der Waals surface area contributed by atoms with Crippen molar-refractivity contribution in [3.63, 3.8) is 0 Å². The van der Waals surface area contributed by atoms with Gasteiger partial charge in [-0.2, -0.15) is 0 Å². The quantitative estimate of drug-likeness (QED) is 0.521. The fraction of sp³-hybridized carbons (Fsp3) is 0.278. The van der Waals surface area contributed by atoms with E-state index in [2.05, 4.69) is 10.3 Å². The number of carboxylic acid groups (broad SMARTS) is 1. The summed E-state index contributed by atoms with van der Waals surface area (Å²) >= 11 is 6.34. The molecule has 3 rings (SSSR count). The smallest absolute Gasteiger partial charge is 0.303 e. The molecule has 0 bridgehead atoms. The van der Waals surface area contributed by atoms with Crippen LogP contribution in [0.2, 0.25) is 0 Å². The summed E-state index contributed by atoms with van der Waals surface area (Å²) in [6.07, 6.45) is 3.38. The third kappa shape index (κ3) is 4.07. The molecule has 0 aliphatic carbocycles. The zero-order valence-electron chi connectivity index (χ0n) is 15.0. The second-order valence-electron chi connectivity index (χ2n) is 5.97. The Morgan fingerprint density at radius 3 is 2.89 bits per heavy atom. The highest BCUT2D eigenvalue weighted by Crippen LogP contribution is 2.33. The van der Waals surface area contributed by atoms with Gasteiger partial charge in [-0.3, -0.25) is 23.7 Å². The number of carbonyl (C=O) groups is 2. The van der Waals surface area contributed by atoms with E-state index in [0.717, 1.165) is 11.8 Å². The molecule has 2 N–H and O–H groups in total. The molecular formula is C18H18N4O4S2. The van der Waals surface area contributed by atoms with Crippen LogP contribution in [0.15, 0.2) is 34.1 Å². The van der Waals surface area contributed by atoms with E-state index in [1.165, 1.54) is 15.4 Å². The fourth-order valence-corrected chi connectivity index (χ4v) is 4.04. The number of carbonyl (C=O) groups excluding carboxylic acids is 1. The molecule has 28 heavy (non-hydrogen) atoms. The summed E-state index contributed by atoms with van der Waals surface area (Å²) in [6, 6.07) is 5.25. The van der Waals surface area contributed by atoms with Crippen LogP contribution >= 0.6 is 24.0 Å². The van der Waals surface area contributed by atoms with E-state index >= 15 is 0 Å². The van der Waals surface area contributed by atoms with E-state index in [4.69, 9.17) is 17.3 Å². The van der Waals surface area contributed by atoms with Crippen molar-refractivity contribution in [2.75, 3.05) is 18.4 Å². The highest BCUT2D eigenvalue weighted by molar-refractivity contribution is 8.26. The van der Waals surface area contributed by atoms with Crippen LogP contribution in [0.5, 0.6) is 0 Å². The molecule has 2 aromatic heterocycles. The maximum absolute atomic E-state index is 12.9. The number of thiocarbonyl (C=S) groups is 1. The highest BCUT2D eigenvalue weighted by Gasteiger charge is 2.32. The van der Waals surface area contributed by atoms with Crippen LogP contribution in [-0.2, 0) is 9.59 Å². The molecule has 1 saturated heterocycles. The zero-order valence-corrected chi connectivity index (χ0v) is 16.7. The number of amides is 1. The number of aromatic nitrogens is 2. The lowest BCUT2D eigenvalue weighted by molar-refractivity contribution is -0.137. The molecule has 0 unspecified atom stereocenters. The van der Waals surface area contributed by atoms with Gasteiger partial charge >= 0.3 is 5.97 Å². The number of rotatable bonds is 7. The Hall–Kier alpha value is -2.72. The van der Waals surface area contributed by atoms with Crippen LogP contribution in [0.1, 0.15) is 25.3 Å². The van der Waals surface area contributed by atoms with Crippen molar-refractivity contribution < 1.29 is 14.7 Å². The van der Waals surface area contributed by atoms with Gasteiger partial charge < -0.3 is 10.4 Å². The second kappa shape index (κ2) is 8.53. The van der Waals surface area contributed by atoms with Gasteiger partial charge in [0, 0.05) is 25.7 Å². The van der Waals surface area contributed by atoms with Crippen molar-refractivity contribution in [2.45, 2.75) is 19.8 Å². The Balaban J connectivity index is 1.97. The number of pyridine rings is 1. The van der Waals surface area contributed by atoms with Crippen LogP contribution in [0, 0.1) is 0 Å². The van der Waals surface area contributed by atoms with Crippen molar-refractivity contribution in [1.82, 2.24) is 14.3 Å². The van der Waals surface area contributed by atoms with E-state index in [9.17, 15) is 14.4 Å². The minimum Gasteiger partial charge on any atom is -0.481 e. The third-order valence-electron chi connectivity index (χ3n) is 4.03. The lowest BCUT2D eigenvalue weighted by atomic mass is 10.2. The van der Waals surface area contributed by atoms with Gasteiger partial charge in [0.05, 0.1) is 10.5 Å². The summed E-state index contributed by atoms with van der Waals surface area (Å²) in [7, 11) is 0. The van der Waals surface area contributed by atoms with Crippen LogP contribution in [0.4, 0.5) is 5.82 Å². The molecule has 0 aromatic carbocycles. The van der Waals surface area contributed by atoms with Crippen molar-refractivity contribution in [3.05, 3.63) is 45.2 Å². The maximum atomic E-state index is 12.9. The summed E-state index contributed by atoms with van der Waals surface area (Å²) in [5.74, 6) is -0.859. The first-order valence-corrected chi connectivity index (χ1v) is 9.87. The number of hydrogen-bond donors (Lipinski definition) is 2. The van der Waals surface area contributed by atoms with Gasteiger partial charge in [-0.25, -0.2) is 4.98 Å². The first-order valence-electron chi connectivity index (χ1n) is 8.64. The number of anilines is 1.